The van der Waals surface area contributed by atoms with Crippen molar-refractivity contribution in [2.45, 2.75) is 0 Å². The van der Waals surface area contributed by atoms with Gasteiger partial charge in [0, 0.05) is 31.9 Å². The lowest BCUT2D eigenvalue weighted by Gasteiger charge is -2.26. The molecule has 2 aromatic heterocycles. The number of rotatable bonds is 5. The summed E-state index contributed by atoms with van der Waals surface area (Å²) in [5.41, 5.74) is 3.37. The summed E-state index contributed by atoms with van der Waals surface area (Å²) < 4.78 is 12.7. The third kappa shape index (κ3) is 2.75. The van der Waals surface area contributed by atoms with Crippen LogP contribution in [0.15, 0.2) is 41.5 Å². The average molecular weight is 378 g/mol. The molecule has 0 radical (unpaired) electrons. The lowest BCUT2D eigenvalue weighted by atomic mass is 10.1. The molecule has 1 saturated heterocycles. The summed E-state index contributed by atoms with van der Waals surface area (Å²) in [5, 5.41) is 4.78. The fraction of sp³-hybridized carbons (Fsp3) is 0.333. The minimum absolute atomic E-state index is 0.00127. The fourth-order valence-corrected chi connectivity index (χ4v) is 4.01. The van der Waals surface area contributed by atoms with E-state index >= 15 is 0 Å². The predicted molar refractivity (Wildman–Crippen MR) is 110 cm³/mol. The third-order valence-electron chi connectivity index (χ3n) is 5.49. The van der Waals surface area contributed by atoms with Gasteiger partial charge in [0.05, 0.1) is 47.6 Å². The average Bonchev–Trinajstić information content (AvgIpc) is 3.17. The van der Waals surface area contributed by atoms with Crippen LogP contribution in [0.3, 0.4) is 0 Å². The summed E-state index contributed by atoms with van der Waals surface area (Å²) >= 11 is 0. The van der Waals surface area contributed by atoms with Crippen LogP contribution in [0.1, 0.15) is 0 Å². The first-order valence-corrected chi connectivity index (χ1v) is 9.53. The van der Waals surface area contributed by atoms with Crippen molar-refractivity contribution in [3.63, 3.8) is 0 Å². The highest BCUT2D eigenvalue weighted by atomic mass is 16.5. The summed E-state index contributed by atoms with van der Waals surface area (Å²) in [4.78, 5) is 20.2. The molecule has 1 aliphatic heterocycles. The number of fused-ring (bicyclic) bond motifs is 2. The molecule has 4 aromatic rings. The molecule has 7 nitrogen and oxygen atoms in total. The first kappa shape index (κ1) is 17.2. The largest absolute Gasteiger partial charge is 0.497 e. The van der Waals surface area contributed by atoms with Crippen molar-refractivity contribution in [1.29, 1.82) is 0 Å². The van der Waals surface area contributed by atoms with Crippen LogP contribution in [0.25, 0.3) is 27.3 Å². The number of benzene rings is 2. The Bertz CT molecular complexity index is 1200. The van der Waals surface area contributed by atoms with Crippen LogP contribution in [0.5, 0.6) is 5.75 Å². The van der Waals surface area contributed by atoms with Gasteiger partial charge < -0.3 is 14.8 Å². The van der Waals surface area contributed by atoms with Crippen molar-refractivity contribution < 1.29 is 9.47 Å². The third-order valence-corrected chi connectivity index (χ3v) is 5.49. The van der Waals surface area contributed by atoms with E-state index in [1.807, 2.05) is 28.7 Å². The number of methoxy groups -OCH3 is 1. The molecule has 5 rings (SSSR count). The second-order valence-corrected chi connectivity index (χ2v) is 7.06. The quantitative estimate of drug-likeness (QED) is 0.537. The maximum absolute atomic E-state index is 13.4. The minimum atomic E-state index is 0.00127. The van der Waals surface area contributed by atoms with Crippen molar-refractivity contribution in [3.05, 3.63) is 46.9 Å². The Kier molecular flexibility index (Phi) is 4.26. The molecule has 0 spiro atoms. The number of imidazole rings is 1. The highest BCUT2D eigenvalue weighted by Crippen LogP contribution is 2.29. The Labute approximate surface area is 161 Å². The molecule has 2 aromatic carbocycles. The summed E-state index contributed by atoms with van der Waals surface area (Å²) in [5.74, 6) is 0.671. The van der Waals surface area contributed by atoms with E-state index in [0.29, 0.717) is 16.5 Å². The topological polar surface area (TPSA) is 68.1 Å². The van der Waals surface area contributed by atoms with E-state index in [-0.39, 0.29) is 5.43 Å². The van der Waals surface area contributed by atoms with Crippen molar-refractivity contribution >= 4 is 33.0 Å². The van der Waals surface area contributed by atoms with Gasteiger partial charge in [0.15, 0.2) is 5.43 Å². The van der Waals surface area contributed by atoms with Gasteiger partial charge in [0.2, 0.25) is 0 Å². The number of anilines is 1. The van der Waals surface area contributed by atoms with Gasteiger partial charge >= 0.3 is 0 Å². The number of hydrogen-bond acceptors (Lipinski definition) is 6. The van der Waals surface area contributed by atoms with E-state index in [2.05, 4.69) is 15.2 Å². The molecule has 1 N–H and O–H groups in total. The number of hydrogen-bond donors (Lipinski definition) is 1. The number of nitrogens with zero attached hydrogens (tertiary/aromatic N) is 3. The Hall–Kier alpha value is -2.90. The second kappa shape index (κ2) is 6.92. The maximum atomic E-state index is 13.4. The van der Waals surface area contributed by atoms with Crippen molar-refractivity contribution in [2.75, 3.05) is 51.8 Å². The number of ether oxygens (including phenoxy) is 2. The summed E-state index contributed by atoms with van der Waals surface area (Å²) in [6, 6.07) is 9.50. The van der Waals surface area contributed by atoms with Crippen LogP contribution < -0.4 is 15.5 Å². The SMILES string of the molecule is COc1ccc2c(c1)c(=O)c1c(NCCN3CCOCC3)ccc3ncn2c31. The Morgan fingerprint density at radius 2 is 2.07 bits per heavy atom. The standard InChI is InChI=1S/C21H22N4O3/c1-27-14-2-5-18-15(12-14)21(26)19-16(3-4-17-20(19)25(18)13-23-17)22-6-7-24-8-10-28-11-9-24/h2-5,12-13,22H,6-11H2,1H3. The van der Waals surface area contributed by atoms with Gasteiger partial charge in [-0.25, -0.2) is 4.98 Å². The van der Waals surface area contributed by atoms with Gasteiger partial charge in [-0.15, -0.1) is 0 Å². The Morgan fingerprint density at radius 1 is 1.21 bits per heavy atom. The van der Waals surface area contributed by atoms with Crippen LogP contribution in [0, 0.1) is 0 Å². The first-order valence-electron chi connectivity index (χ1n) is 9.53. The molecular weight excluding hydrogens is 356 g/mol. The van der Waals surface area contributed by atoms with Gasteiger partial charge in [-0.1, -0.05) is 0 Å². The smallest absolute Gasteiger partial charge is 0.199 e. The van der Waals surface area contributed by atoms with Gasteiger partial charge in [0.25, 0.3) is 0 Å². The molecule has 0 saturated carbocycles. The van der Waals surface area contributed by atoms with Crippen molar-refractivity contribution in [1.82, 2.24) is 14.3 Å². The maximum Gasteiger partial charge on any atom is 0.199 e. The monoisotopic (exact) mass is 378 g/mol. The molecule has 0 unspecified atom stereocenters. The van der Waals surface area contributed by atoms with Gasteiger partial charge in [-0.2, -0.15) is 0 Å². The molecule has 1 fully saturated rings. The van der Waals surface area contributed by atoms with Crippen LogP contribution in [0.2, 0.25) is 0 Å². The number of aromatic nitrogens is 2. The zero-order valence-corrected chi connectivity index (χ0v) is 15.8. The molecule has 28 heavy (non-hydrogen) atoms. The Morgan fingerprint density at radius 3 is 2.89 bits per heavy atom. The van der Waals surface area contributed by atoms with E-state index in [1.54, 1.807) is 19.5 Å². The van der Waals surface area contributed by atoms with E-state index in [9.17, 15) is 4.79 Å². The van der Waals surface area contributed by atoms with Gasteiger partial charge in [-0.05, 0) is 30.3 Å². The van der Waals surface area contributed by atoms with E-state index in [0.717, 1.165) is 61.6 Å². The number of morpholine rings is 1. The van der Waals surface area contributed by atoms with Crippen LogP contribution in [-0.4, -0.2) is 60.8 Å². The van der Waals surface area contributed by atoms with Gasteiger partial charge in [0.1, 0.15) is 12.1 Å². The number of nitrogens with one attached hydrogen (secondary N) is 1. The van der Waals surface area contributed by atoms with Crippen LogP contribution in [0.4, 0.5) is 5.69 Å². The zero-order chi connectivity index (χ0) is 19.1. The van der Waals surface area contributed by atoms with E-state index in [4.69, 9.17) is 9.47 Å². The lowest BCUT2D eigenvalue weighted by molar-refractivity contribution is 0.0398. The minimum Gasteiger partial charge on any atom is -0.497 e. The molecular formula is C21H22N4O3. The Balaban J connectivity index is 1.59. The van der Waals surface area contributed by atoms with E-state index < -0.39 is 0 Å². The van der Waals surface area contributed by atoms with Gasteiger partial charge in [-0.3, -0.25) is 14.1 Å². The molecule has 7 heteroatoms. The molecule has 1 aliphatic rings. The molecule has 0 amide bonds. The fourth-order valence-electron chi connectivity index (χ4n) is 4.01. The number of pyridine rings is 1. The first-order chi connectivity index (χ1) is 13.8. The molecule has 144 valence electrons. The zero-order valence-electron chi connectivity index (χ0n) is 15.8. The summed E-state index contributed by atoms with van der Waals surface area (Å²) in [6.45, 7) is 5.16. The van der Waals surface area contributed by atoms with Crippen molar-refractivity contribution in [3.8, 4) is 5.75 Å². The summed E-state index contributed by atoms with van der Waals surface area (Å²) in [6.07, 6.45) is 1.78. The van der Waals surface area contributed by atoms with Crippen LogP contribution in [-0.2, 0) is 4.74 Å². The van der Waals surface area contributed by atoms with Crippen molar-refractivity contribution in [2.24, 2.45) is 0 Å². The summed E-state index contributed by atoms with van der Waals surface area (Å²) in [7, 11) is 1.61. The lowest BCUT2D eigenvalue weighted by Crippen LogP contribution is -2.39. The normalized spacial score (nSPS) is 15.6. The molecule has 0 aliphatic carbocycles. The highest BCUT2D eigenvalue weighted by Gasteiger charge is 2.17. The molecule has 3 heterocycles. The molecule has 0 bridgehead atoms. The second-order valence-electron chi connectivity index (χ2n) is 7.06. The highest BCUT2D eigenvalue weighted by molar-refractivity contribution is 6.07. The predicted octanol–water partition coefficient (Wildman–Crippen LogP) is 2.19. The van der Waals surface area contributed by atoms with E-state index in [1.165, 1.54) is 0 Å². The molecule has 0 atom stereocenters. The van der Waals surface area contributed by atoms with Crippen LogP contribution >= 0.6 is 0 Å².